The van der Waals surface area contributed by atoms with Crippen molar-refractivity contribution in [1.29, 1.82) is 0 Å². The quantitative estimate of drug-likeness (QED) is 0.832. The van der Waals surface area contributed by atoms with Crippen molar-refractivity contribution < 1.29 is 19.8 Å². The summed E-state index contributed by atoms with van der Waals surface area (Å²) in [7, 11) is 0. The highest BCUT2D eigenvalue weighted by atomic mass is 16.3. The van der Waals surface area contributed by atoms with Crippen LogP contribution in [-0.2, 0) is 0 Å². The molecule has 0 fully saturated rings. The predicted molar refractivity (Wildman–Crippen MR) is 82.8 cm³/mol. The molecule has 0 spiro atoms. The molecule has 2 aromatic carbocycles. The molecular formula is C18H18O4. The van der Waals surface area contributed by atoms with Crippen LogP contribution in [0.3, 0.4) is 0 Å². The molecule has 2 unspecified atom stereocenters. The van der Waals surface area contributed by atoms with Crippen LogP contribution in [0.15, 0.2) is 48.5 Å². The zero-order valence-electron chi connectivity index (χ0n) is 12.5. The van der Waals surface area contributed by atoms with Gasteiger partial charge in [-0.25, -0.2) is 0 Å². The van der Waals surface area contributed by atoms with E-state index >= 15 is 0 Å². The summed E-state index contributed by atoms with van der Waals surface area (Å²) in [5.41, 5.74) is 2.15. The Hall–Kier alpha value is -2.30. The van der Waals surface area contributed by atoms with E-state index in [0.717, 1.165) is 0 Å². The normalized spacial score (nSPS) is 13.5. The Morgan fingerprint density at radius 2 is 0.955 bits per heavy atom. The molecular weight excluding hydrogens is 280 g/mol. The minimum atomic E-state index is -1.11. The molecule has 0 aliphatic heterocycles. The molecule has 4 heteroatoms. The fourth-order valence-electron chi connectivity index (χ4n) is 2.19. The van der Waals surface area contributed by atoms with Gasteiger partial charge in [-0.1, -0.05) is 48.5 Å². The molecule has 0 saturated carbocycles. The van der Waals surface area contributed by atoms with Gasteiger partial charge in [0.15, 0.2) is 11.6 Å². The van der Waals surface area contributed by atoms with Crippen LogP contribution in [0.4, 0.5) is 0 Å². The second-order valence-corrected chi connectivity index (χ2v) is 5.25. The first-order valence-electron chi connectivity index (χ1n) is 6.98. The van der Waals surface area contributed by atoms with E-state index < -0.39 is 12.2 Å². The number of hydrogen-bond acceptors (Lipinski definition) is 4. The van der Waals surface area contributed by atoms with E-state index in [1.54, 1.807) is 48.5 Å². The first-order valence-corrected chi connectivity index (χ1v) is 6.98. The number of benzene rings is 2. The Bertz CT molecular complexity index is 610. The lowest BCUT2D eigenvalue weighted by molar-refractivity contribution is 0.0172. The lowest BCUT2D eigenvalue weighted by atomic mass is 9.96. The highest BCUT2D eigenvalue weighted by molar-refractivity contribution is 5.94. The molecule has 114 valence electrons. The molecule has 4 nitrogen and oxygen atoms in total. The molecule has 0 aromatic heterocycles. The Kier molecular flexibility index (Phi) is 4.85. The average molecular weight is 298 g/mol. The number of Topliss-reactive ketones (excluding diaryl/α,β-unsaturated/α-hetero) is 2. The van der Waals surface area contributed by atoms with Gasteiger partial charge in [0.05, 0.1) is 0 Å². The van der Waals surface area contributed by atoms with E-state index in [9.17, 15) is 19.8 Å². The van der Waals surface area contributed by atoms with Gasteiger partial charge in [0.2, 0.25) is 0 Å². The van der Waals surface area contributed by atoms with Crippen molar-refractivity contribution in [3.05, 3.63) is 70.8 Å². The number of hydrogen-bond donors (Lipinski definition) is 2. The third-order valence-corrected chi connectivity index (χ3v) is 3.62. The largest absolute Gasteiger partial charge is 0.385 e. The van der Waals surface area contributed by atoms with E-state index in [0.29, 0.717) is 22.3 Å². The standard InChI is InChI=1S/C18H18O4/c1-11(19)13-3-7-15(8-4-13)17(21)18(22)16-9-5-14(6-10-16)12(2)20/h3-10,17-18,21-22H,1-2H3. The zero-order chi connectivity index (χ0) is 16.3. The Morgan fingerprint density at radius 3 is 1.18 bits per heavy atom. The first-order chi connectivity index (χ1) is 10.4. The molecule has 2 aromatic rings. The lowest BCUT2D eigenvalue weighted by Crippen LogP contribution is -2.11. The zero-order valence-corrected chi connectivity index (χ0v) is 12.5. The van der Waals surface area contributed by atoms with Gasteiger partial charge < -0.3 is 10.2 Å². The van der Waals surface area contributed by atoms with Gasteiger partial charge in [-0.2, -0.15) is 0 Å². The summed E-state index contributed by atoms with van der Waals surface area (Å²) in [6.07, 6.45) is -2.21. The minimum Gasteiger partial charge on any atom is -0.385 e. The van der Waals surface area contributed by atoms with E-state index in [4.69, 9.17) is 0 Å². The van der Waals surface area contributed by atoms with Crippen LogP contribution in [0.5, 0.6) is 0 Å². The van der Waals surface area contributed by atoms with Crippen molar-refractivity contribution in [2.45, 2.75) is 26.1 Å². The van der Waals surface area contributed by atoms with Crippen molar-refractivity contribution in [3.8, 4) is 0 Å². The molecule has 0 aliphatic carbocycles. The number of aliphatic hydroxyl groups is 2. The lowest BCUT2D eigenvalue weighted by Gasteiger charge is -2.19. The molecule has 0 aliphatic rings. The van der Waals surface area contributed by atoms with Gasteiger partial charge in [-0.3, -0.25) is 9.59 Å². The molecule has 2 rings (SSSR count). The van der Waals surface area contributed by atoms with Gasteiger partial charge >= 0.3 is 0 Å². The molecule has 0 bridgehead atoms. The molecule has 22 heavy (non-hydrogen) atoms. The van der Waals surface area contributed by atoms with Crippen LogP contribution in [-0.4, -0.2) is 21.8 Å². The molecule has 2 atom stereocenters. The number of carbonyl (C=O) groups excluding carboxylic acids is 2. The second kappa shape index (κ2) is 6.64. The van der Waals surface area contributed by atoms with Crippen LogP contribution in [0, 0.1) is 0 Å². The second-order valence-electron chi connectivity index (χ2n) is 5.25. The maximum atomic E-state index is 11.2. The van der Waals surface area contributed by atoms with Gasteiger partial charge in [0, 0.05) is 11.1 Å². The average Bonchev–Trinajstić information content (AvgIpc) is 2.53. The number of carbonyl (C=O) groups is 2. The van der Waals surface area contributed by atoms with Crippen molar-refractivity contribution in [2.24, 2.45) is 0 Å². The third-order valence-electron chi connectivity index (χ3n) is 3.62. The predicted octanol–water partition coefficient (Wildman–Crippen LogP) is 2.86. The maximum Gasteiger partial charge on any atom is 0.159 e. The van der Waals surface area contributed by atoms with Crippen molar-refractivity contribution in [1.82, 2.24) is 0 Å². The molecule has 0 radical (unpaired) electrons. The van der Waals surface area contributed by atoms with Crippen molar-refractivity contribution >= 4 is 11.6 Å². The number of aliphatic hydroxyl groups excluding tert-OH is 2. The fraction of sp³-hybridized carbons (Fsp3) is 0.222. The minimum absolute atomic E-state index is 0.0543. The molecule has 0 amide bonds. The van der Waals surface area contributed by atoms with Gasteiger partial charge in [0.25, 0.3) is 0 Å². The molecule has 0 heterocycles. The van der Waals surface area contributed by atoms with Crippen LogP contribution in [0.25, 0.3) is 0 Å². The number of ketones is 2. The van der Waals surface area contributed by atoms with Crippen LogP contribution < -0.4 is 0 Å². The van der Waals surface area contributed by atoms with Crippen molar-refractivity contribution in [3.63, 3.8) is 0 Å². The van der Waals surface area contributed by atoms with Gasteiger partial charge in [-0.15, -0.1) is 0 Å². The highest BCUT2D eigenvalue weighted by Crippen LogP contribution is 2.29. The monoisotopic (exact) mass is 298 g/mol. The summed E-state index contributed by atoms with van der Waals surface area (Å²) >= 11 is 0. The van der Waals surface area contributed by atoms with Gasteiger partial charge in [-0.05, 0) is 25.0 Å². The van der Waals surface area contributed by atoms with E-state index in [2.05, 4.69) is 0 Å². The summed E-state index contributed by atoms with van der Waals surface area (Å²) in [6, 6.07) is 12.9. The summed E-state index contributed by atoms with van der Waals surface area (Å²) in [4.78, 5) is 22.5. The topological polar surface area (TPSA) is 74.6 Å². The summed E-state index contributed by atoms with van der Waals surface area (Å²) in [5, 5.41) is 20.5. The third kappa shape index (κ3) is 3.47. The Morgan fingerprint density at radius 1 is 0.682 bits per heavy atom. The van der Waals surface area contributed by atoms with E-state index in [-0.39, 0.29) is 11.6 Å². The fourth-order valence-corrected chi connectivity index (χ4v) is 2.19. The van der Waals surface area contributed by atoms with Crippen LogP contribution >= 0.6 is 0 Å². The SMILES string of the molecule is CC(=O)c1ccc(C(O)C(O)c2ccc(C(C)=O)cc2)cc1. The Balaban J connectivity index is 2.18. The van der Waals surface area contributed by atoms with E-state index in [1.165, 1.54) is 13.8 Å². The summed E-state index contributed by atoms with van der Waals surface area (Å²) < 4.78 is 0. The maximum absolute atomic E-state index is 11.2. The number of rotatable bonds is 5. The van der Waals surface area contributed by atoms with Crippen LogP contribution in [0.1, 0.15) is 57.9 Å². The molecule has 2 N–H and O–H groups in total. The van der Waals surface area contributed by atoms with Gasteiger partial charge in [0.1, 0.15) is 12.2 Å². The smallest absolute Gasteiger partial charge is 0.159 e. The van der Waals surface area contributed by atoms with E-state index in [1.807, 2.05) is 0 Å². The van der Waals surface area contributed by atoms with Crippen LogP contribution in [0.2, 0.25) is 0 Å². The first kappa shape index (κ1) is 16.1. The summed E-state index contributed by atoms with van der Waals surface area (Å²) in [5.74, 6) is -0.109. The molecule has 0 saturated heterocycles. The summed E-state index contributed by atoms with van der Waals surface area (Å²) in [6.45, 7) is 2.94. The Labute approximate surface area is 129 Å². The highest BCUT2D eigenvalue weighted by Gasteiger charge is 2.20. The van der Waals surface area contributed by atoms with Crippen molar-refractivity contribution in [2.75, 3.05) is 0 Å².